The van der Waals surface area contributed by atoms with E-state index in [1.807, 2.05) is 0 Å². The molecule has 1 aliphatic rings. The first-order chi connectivity index (χ1) is 17.0. The van der Waals surface area contributed by atoms with Crippen LogP contribution in [0.5, 0.6) is 5.75 Å². The molecule has 2 aromatic carbocycles. The van der Waals surface area contributed by atoms with Gasteiger partial charge in [0, 0.05) is 42.9 Å². The van der Waals surface area contributed by atoms with Crippen LogP contribution in [0.3, 0.4) is 0 Å². The van der Waals surface area contributed by atoms with Crippen molar-refractivity contribution in [2.24, 2.45) is 0 Å². The molecule has 8 nitrogen and oxygen atoms in total. The molecule has 1 unspecified atom stereocenters. The maximum atomic E-state index is 12.4. The van der Waals surface area contributed by atoms with Gasteiger partial charge in [0.2, 0.25) is 5.91 Å². The van der Waals surface area contributed by atoms with Crippen LogP contribution in [0.1, 0.15) is 62.2 Å². The Morgan fingerprint density at radius 1 is 0.943 bits per heavy atom. The van der Waals surface area contributed by atoms with Crippen LogP contribution in [0.4, 0.5) is 16.2 Å². The summed E-state index contributed by atoms with van der Waals surface area (Å²) in [7, 11) is 0. The lowest BCUT2D eigenvalue weighted by Crippen LogP contribution is -2.35. The van der Waals surface area contributed by atoms with Gasteiger partial charge in [-0.3, -0.25) is 9.59 Å². The number of anilines is 2. The minimum absolute atomic E-state index is 0.0823. The van der Waals surface area contributed by atoms with Gasteiger partial charge in [0.1, 0.15) is 5.75 Å². The average molecular weight is 482 g/mol. The third kappa shape index (κ3) is 9.41. The summed E-state index contributed by atoms with van der Waals surface area (Å²) >= 11 is 0. The smallest absolute Gasteiger partial charge is 0.319 e. The monoisotopic (exact) mass is 481 g/mol. The van der Waals surface area contributed by atoms with Gasteiger partial charge in [0.05, 0.1) is 12.7 Å². The number of urea groups is 1. The van der Waals surface area contributed by atoms with Crippen molar-refractivity contribution in [1.29, 1.82) is 0 Å². The van der Waals surface area contributed by atoms with E-state index in [0.29, 0.717) is 30.1 Å². The lowest BCUT2D eigenvalue weighted by Gasteiger charge is -2.12. The van der Waals surface area contributed by atoms with E-state index in [4.69, 9.17) is 9.47 Å². The molecule has 1 aliphatic heterocycles. The van der Waals surface area contributed by atoms with Crippen LogP contribution in [0.2, 0.25) is 0 Å². The SMILES string of the molecule is CCCCCOc1ccc(C(=O)CCC(=O)Nc2ccc(NC(=O)NCC3CCCO3)cc2)cc1. The van der Waals surface area contributed by atoms with E-state index in [0.717, 1.165) is 44.5 Å². The minimum Gasteiger partial charge on any atom is -0.494 e. The molecule has 188 valence electrons. The van der Waals surface area contributed by atoms with Gasteiger partial charge < -0.3 is 25.4 Å². The van der Waals surface area contributed by atoms with Gasteiger partial charge in [-0.2, -0.15) is 0 Å². The highest BCUT2D eigenvalue weighted by molar-refractivity contribution is 6.00. The fourth-order valence-corrected chi connectivity index (χ4v) is 3.70. The highest BCUT2D eigenvalue weighted by Crippen LogP contribution is 2.17. The third-order valence-corrected chi connectivity index (χ3v) is 5.71. The molecule has 2 aromatic rings. The average Bonchev–Trinajstić information content (AvgIpc) is 3.39. The van der Waals surface area contributed by atoms with Gasteiger partial charge in [-0.1, -0.05) is 19.8 Å². The van der Waals surface area contributed by atoms with E-state index >= 15 is 0 Å². The molecule has 0 bridgehead atoms. The quantitative estimate of drug-likeness (QED) is 0.271. The van der Waals surface area contributed by atoms with Gasteiger partial charge in [0.25, 0.3) is 0 Å². The second-order valence-corrected chi connectivity index (χ2v) is 8.60. The van der Waals surface area contributed by atoms with Crippen molar-refractivity contribution in [2.45, 2.75) is 58.0 Å². The summed E-state index contributed by atoms with van der Waals surface area (Å²) in [4.78, 5) is 36.7. The summed E-state index contributed by atoms with van der Waals surface area (Å²) in [6, 6.07) is 13.6. The van der Waals surface area contributed by atoms with Gasteiger partial charge in [-0.15, -0.1) is 0 Å². The second kappa shape index (κ2) is 14.1. The number of hydrogen-bond donors (Lipinski definition) is 3. The van der Waals surface area contributed by atoms with Crippen molar-refractivity contribution in [3.8, 4) is 5.75 Å². The van der Waals surface area contributed by atoms with Crippen LogP contribution < -0.4 is 20.7 Å². The molecule has 0 aromatic heterocycles. The molecule has 3 rings (SSSR count). The van der Waals surface area contributed by atoms with Crippen LogP contribution in [-0.4, -0.2) is 43.6 Å². The Balaban J connectivity index is 1.35. The first-order valence-corrected chi connectivity index (χ1v) is 12.4. The fourth-order valence-electron chi connectivity index (χ4n) is 3.70. The Morgan fingerprint density at radius 2 is 1.66 bits per heavy atom. The third-order valence-electron chi connectivity index (χ3n) is 5.71. The molecule has 3 N–H and O–H groups in total. The normalized spacial score (nSPS) is 14.8. The fraction of sp³-hybridized carbons (Fsp3) is 0.444. The molecule has 1 saturated heterocycles. The van der Waals surface area contributed by atoms with E-state index in [2.05, 4.69) is 22.9 Å². The number of Topliss-reactive ketones (excluding diaryl/α,β-unsaturated/α-hetero) is 1. The highest BCUT2D eigenvalue weighted by Gasteiger charge is 2.16. The molecule has 3 amide bonds. The molecule has 1 fully saturated rings. The Bertz CT molecular complexity index is 954. The number of rotatable bonds is 13. The van der Waals surface area contributed by atoms with E-state index in [-0.39, 0.29) is 36.7 Å². The van der Waals surface area contributed by atoms with E-state index in [9.17, 15) is 14.4 Å². The van der Waals surface area contributed by atoms with Crippen LogP contribution >= 0.6 is 0 Å². The Labute approximate surface area is 206 Å². The number of ether oxygens (including phenoxy) is 2. The Hall–Kier alpha value is -3.39. The summed E-state index contributed by atoms with van der Waals surface area (Å²) in [5.41, 5.74) is 1.77. The van der Waals surface area contributed by atoms with Gasteiger partial charge in [0.15, 0.2) is 5.78 Å². The van der Waals surface area contributed by atoms with E-state index in [1.54, 1.807) is 48.5 Å². The molecule has 0 saturated carbocycles. The Kier molecular flexibility index (Phi) is 10.6. The molecule has 35 heavy (non-hydrogen) atoms. The van der Waals surface area contributed by atoms with Crippen LogP contribution in [0.25, 0.3) is 0 Å². The number of amides is 3. The standard InChI is InChI=1S/C27H35N3O5/c1-2-3-4-17-34-23-13-7-20(8-14-23)25(31)15-16-26(32)29-21-9-11-22(12-10-21)30-27(33)28-19-24-6-5-18-35-24/h7-14,24H,2-6,15-19H2,1H3,(H,29,32)(H2,28,30,33). The number of nitrogens with one attached hydrogen (secondary N) is 3. The zero-order chi connectivity index (χ0) is 24.9. The van der Waals surface area contributed by atoms with E-state index in [1.165, 1.54) is 0 Å². The molecule has 0 spiro atoms. The second-order valence-electron chi connectivity index (χ2n) is 8.60. The molecule has 0 radical (unpaired) electrons. The van der Waals surface area contributed by atoms with Crippen molar-refractivity contribution in [3.63, 3.8) is 0 Å². The van der Waals surface area contributed by atoms with Crippen molar-refractivity contribution in [2.75, 3.05) is 30.4 Å². The largest absolute Gasteiger partial charge is 0.494 e. The number of carbonyl (C=O) groups excluding carboxylic acids is 3. The molecule has 0 aliphatic carbocycles. The number of ketones is 1. The number of benzene rings is 2. The zero-order valence-electron chi connectivity index (χ0n) is 20.3. The van der Waals surface area contributed by atoms with E-state index < -0.39 is 0 Å². The van der Waals surface area contributed by atoms with Gasteiger partial charge in [-0.25, -0.2) is 4.79 Å². The summed E-state index contributed by atoms with van der Waals surface area (Å²) in [5.74, 6) is 0.407. The molecular formula is C27H35N3O5. The number of hydrogen-bond acceptors (Lipinski definition) is 5. The predicted octanol–water partition coefficient (Wildman–Crippen LogP) is 5.16. The van der Waals surface area contributed by atoms with Gasteiger partial charge in [-0.05, 0) is 67.8 Å². The van der Waals surface area contributed by atoms with Crippen LogP contribution in [-0.2, 0) is 9.53 Å². The summed E-state index contributed by atoms with van der Waals surface area (Å²) in [6.45, 7) is 4.04. The summed E-state index contributed by atoms with van der Waals surface area (Å²) < 4.78 is 11.1. The molecule has 1 heterocycles. The minimum atomic E-state index is -0.299. The summed E-state index contributed by atoms with van der Waals surface area (Å²) in [6.07, 6.45) is 5.55. The van der Waals surface area contributed by atoms with Crippen LogP contribution in [0, 0.1) is 0 Å². The van der Waals surface area contributed by atoms with Crippen LogP contribution in [0.15, 0.2) is 48.5 Å². The van der Waals surface area contributed by atoms with Crippen molar-refractivity contribution < 1.29 is 23.9 Å². The van der Waals surface area contributed by atoms with Crippen molar-refractivity contribution in [1.82, 2.24) is 5.32 Å². The highest BCUT2D eigenvalue weighted by atomic mass is 16.5. The maximum Gasteiger partial charge on any atom is 0.319 e. The van der Waals surface area contributed by atoms with Crippen molar-refractivity contribution >= 4 is 29.1 Å². The topological polar surface area (TPSA) is 106 Å². The predicted molar refractivity (Wildman–Crippen MR) is 136 cm³/mol. The lowest BCUT2D eigenvalue weighted by molar-refractivity contribution is -0.116. The molecule has 8 heteroatoms. The number of carbonyl (C=O) groups is 3. The summed E-state index contributed by atoms with van der Waals surface area (Å²) in [5, 5.41) is 8.32. The Morgan fingerprint density at radius 3 is 2.31 bits per heavy atom. The molecular weight excluding hydrogens is 446 g/mol. The maximum absolute atomic E-state index is 12.4. The lowest BCUT2D eigenvalue weighted by atomic mass is 10.1. The first-order valence-electron chi connectivity index (χ1n) is 12.4. The first kappa shape index (κ1) is 26.2. The number of unbranched alkanes of at least 4 members (excludes halogenated alkanes) is 2. The van der Waals surface area contributed by atoms with Gasteiger partial charge >= 0.3 is 6.03 Å². The van der Waals surface area contributed by atoms with Crippen molar-refractivity contribution in [3.05, 3.63) is 54.1 Å². The zero-order valence-corrected chi connectivity index (χ0v) is 20.3. The molecule has 1 atom stereocenters.